The molecule has 0 amide bonds. The molecule has 1 unspecified atom stereocenters. The number of nitrogens with zero attached hydrogens (tertiary/aromatic N) is 1. The van der Waals surface area contributed by atoms with Gasteiger partial charge in [0.1, 0.15) is 5.82 Å². The Morgan fingerprint density at radius 3 is 2.89 bits per heavy atom. The van der Waals surface area contributed by atoms with E-state index in [0.717, 1.165) is 26.2 Å². The molecule has 106 valence electrons. The molecule has 1 atom stereocenters. The molecule has 1 aromatic carbocycles. The van der Waals surface area contributed by atoms with Gasteiger partial charge in [0.2, 0.25) is 0 Å². The number of benzene rings is 1. The standard InChI is InChI=1S/C14H21FN2OS/c15-13-3-1-2-12(10-13)14(18)11-16-4-5-17-6-8-19-9-7-17/h1-3,10,14,16,18H,4-9,11H2. The molecule has 5 heteroatoms. The van der Waals surface area contributed by atoms with E-state index in [2.05, 4.69) is 10.2 Å². The maximum absolute atomic E-state index is 13.0. The molecule has 2 N–H and O–H groups in total. The normalized spacial score (nSPS) is 18.4. The smallest absolute Gasteiger partial charge is 0.123 e. The van der Waals surface area contributed by atoms with Gasteiger partial charge in [-0.3, -0.25) is 0 Å². The van der Waals surface area contributed by atoms with Crippen LogP contribution in [0.5, 0.6) is 0 Å². The summed E-state index contributed by atoms with van der Waals surface area (Å²) in [5.41, 5.74) is 0.627. The Kier molecular flexibility index (Phi) is 6.10. The molecule has 1 fully saturated rings. The molecule has 1 aliphatic rings. The molecule has 19 heavy (non-hydrogen) atoms. The molecule has 0 aliphatic carbocycles. The van der Waals surface area contributed by atoms with Gasteiger partial charge in [0.15, 0.2) is 0 Å². The second-order valence-corrected chi connectivity index (χ2v) is 5.95. The lowest BCUT2D eigenvalue weighted by atomic mass is 10.1. The van der Waals surface area contributed by atoms with E-state index in [4.69, 9.17) is 0 Å². The lowest BCUT2D eigenvalue weighted by molar-refractivity contribution is 0.172. The van der Waals surface area contributed by atoms with Crippen LogP contribution in [0.1, 0.15) is 11.7 Å². The Hall–Kier alpha value is -0.620. The van der Waals surface area contributed by atoms with Crippen LogP contribution in [-0.2, 0) is 0 Å². The summed E-state index contributed by atoms with van der Waals surface area (Å²) in [6.45, 7) is 4.64. The first-order valence-electron chi connectivity index (χ1n) is 6.70. The number of nitrogens with one attached hydrogen (secondary N) is 1. The fraction of sp³-hybridized carbons (Fsp3) is 0.571. The third-order valence-electron chi connectivity index (χ3n) is 3.28. The second-order valence-electron chi connectivity index (χ2n) is 4.73. The van der Waals surface area contributed by atoms with Crippen LogP contribution in [0.2, 0.25) is 0 Å². The lowest BCUT2D eigenvalue weighted by Crippen LogP contribution is -2.38. The summed E-state index contributed by atoms with van der Waals surface area (Å²) < 4.78 is 13.0. The molecule has 2 rings (SSSR count). The van der Waals surface area contributed by atoms with Crippen molar-refractivity contribution in [2.75, 3.05) is 44.2 Å². The summed E-state index contributed by atoms with van der Waals surface area (Å²) in [5.74, 6) is 2.13. The van der Waals surface area contributed by atoms with Crippen molar-refractivity contribution >= 4 is 11.8 Å². The van der Waals surface area contributed by atoms with Gasteiger partial charge in [-0.05, 0) is 17.7 Å². The highest BCUT2D eigenvalue weighted by atomic mass is 32.2. The van der Waals surface area contributed by atoms with Gasteiger partial charge in [-0.2, -0.15) is 11.8 Å². The highest BCUT2D eigenvalue weighted by Gasteiger charge is 2.10. The Bertz CT molecular complexity index is 385. The zero-order valence-corrected chi connectivity index (χ0v) is 11.8. The summed E-state index contributed by atoms with van der Waals surface area (Å²) in [6, 6.07) is 6.14. The van der Waals surface area contributed by atoms with Gasteiger partial charge in [0.05, 0.1) is 6.10 Å². The minimum atomic E-state index is -0.646. The minimum absolute atomic E-state index is 0.303. The van der Waals surface area contributed by atoms with Crippen molar-refractivity contribution in [3.8, 4) is 0 Å². The third-order valence-corrected chi connectivity index (χ3v) is 4.22. The second kappa shape index (κ2) is 7.85. The van der Waals surface area contributed by atoms with Crippen molar-refractivity contribution in [3.05, 3.63) is 35.6 Å². The molecule has 1 saturated heterocycles. The van der Waals surface area contributed by atoms with Crippen molar-refractivity contribution in [3.63, 3.8) is 0 Å². The maximum Gasteiger partial charge on any atom is 0.123 e. The topological polar surface area (TPSA) is 35.5 Å². The molecule has 1 aliphatic heterocycles. The number of halogens is 1. The largest absolute Gasteiger partial charge is 0.387 e. The van der Waals surface area contributed by atoms with Crippen molar-refractivity contribution in [2.24, 2.45) is 0 Å². The van der Waals surface area contributed by atoms with E-state index in [1.165, 1.54) is 23.6 Å². The summed E-state index contributed by atoms with van der Waals surface area (Å²) in [4.78, 5) is 2.43. The van der Waals surface area contributed by atoms with Gasteiger partial charge in [-0.1, -0.05) is 12.1 Å². The first-order chi connectivity index (χ1) is 9.25. The summed E-state index contributed by atoms with van der Waals surface area (Å²) >= 11 is 2.00. The predicted octanol–water partition coefficient (Wildman–Crippen LogP) is 1.50. The van der Waals surface area contributed by atoms with Crippen LogP contribution in [0, 0.1) is 5.82 Å². The zero-order chi connectivity index (χ0) is 13.5. The SMILES string of the molecule is OC(CNCCN1CCSCC1)c1cccc(F)c1. The summed E-state index contributed by atoms with van der Waals surface area (Å²) in [5, 5.41) is 13.2. The number of rotatable bonds is 6. The van der Waals surface area contributed by atoms with Gasteiger partial charge >= 0.3 is 0 Å². The highest BCUT2D eigenvalue weighted by molar-refractivity contribution is 7.99. The van der Waals surface area contributed by atoms with E-state index >= 15 is 0 Å². The van der Waals surface area contributed by atoms with E-state index in [-0.39, 0.29) is 5.82 Å². The lowest BCUT2D eigenvalue weighted by Gasteiger charge is -2.26. The van der Waals surface area contributed by atoms with Crippen LogP contribution < -0.4 is 5.32 Å². The average molecular weight is 284 g/mol. The van der Waals surface area contributed by atoms with E-state index in [0.29, 0.717) is 12.1 Å². The van der Waals surface area contributed by atoms with Crippen molar-refractivity contribution in [1.29, 1.82) is 0 Å². The molecule has 1 heterocycles. The van der Waals surface area contributed by atoms with Crippen LogP contribution in [0.15, 0.2) is 24.3 Å². The monoisotopic (exact) mass is 284 g/mol. The van der Waals surface area contributed by atoms with Crippen LogP contribution in [-0.4, -0.2) is 54.2 Å². The molecule has 0 bridgehead atoms. The molecule has 0 spiro atoms. The Balaban J connectivity index is 1.64. The van der Waals surface area contributed by atoms with Gasteiger partial charge < -0.3 is 15.3 Å². The molecular weight excluding hydrogens is 263 g/mol. The molecule has 0 aromatic heterocycles. The van der Waals surface area contributed by atoms with Crippen LogP contribution in [0.3, 0.4) is 0 Å². The number of aliphatic hydroxyl groups excluding tert-OH is 1. The first kappa shape index (κ1) is 14.8. The van der Waals surface area contributed by atoms with Gasteiger partial charge in [-0.25, -0.2) is 4.39 Å². The van der Waals surface area contributed by atoms with Gasteiger partial charge in [0.25, 0.3) is 0 Å². The maximum atomic E-state index is 13.0. The quantitative estimate of drug-likeness (QED) is 0.776. The van der Waals surface area contributed by atoms with Crippen molar-refractivity contribution in [1.82, 2.24) is 10.2 Å². The molecular formula is C14H21FN2OS. The predicted molar refractivity (Wildman–Crippen MR) is 78.0 cm³/mol. The average Bonchev–Trinajstić information content (AvgIpc) is 2.44. The summed E-state index contributed by atoms with van der Waals surface area (Å²) in [6.07, 6.45) is -0.646. The third kappa shape index (κ3) is 5.10. The Morgan fingerprint density at radius 2 is 2.16 bits per heavy atom. The van der Waals surface area contributed by atoms with Gasteiger partial charge in [0, 0.05) is 44.2 Å². The van der Waals surface area contributed by atoms with E-state index in [1.807, 2.05) is 11.8 Å². The van der Waals surface area contributed by atoms with Crippen LogP contribution >= 0.6 is 11.8 Å². The van der Waals surface area contributed by atoms with Crippen LogP contribution in [0.25, 0.3) is 0 Å². The fourth-order valence-corrected chi connectivity index (χ4v) is 3.11. The Morgan fingerprint density at radius 1 is 1.37 bits per heavy atom. The summed E-state index contributed by atoms with van der Waals surface area (Å²) in [7, 11) is 0. The zero-order valence-electron chi connectivity index (χ0n) is 11.0. The van der Waals surface area contributed by atoms with E-state index in [9.17, 15) is 9.50 Å². The van der Waals surface area contributed by atoms with E-state index < -0.39 is 6.10 Å². The minimum Gasteiger partial charge on any atom is -0.387 e. The number of hydrogen-bond acceptors (Lipinski definition) is 4. The van der Waals surface area contributed by atoms with Gasteiger partial charge in [-0.15, -0.1) is 0 Å². The van der Waals surface area contributed by atoms with Crippen molar-refractivity contribution in [2.45, 2.75) is 6.10 Å². The van der Waals surface area contributed by atoms with E-state index in [1.54, 1.807) is 12.1 Å². The molecule has 0 saturated carbocycles. The number of thioether (sulfide) groups is 1. The molecule has 0 radical (unpaired) electrons. The molecule has 1 aromatic rings. The van der Waals surface area contributed by atoms with Crippen LogP contribution in [0.4, 0.5) is 4.39 Å². The Labute approximate surface area is 118 Å². The van der Waals surface area contributed by atoms with Crippen molar-refractivity contribution < 1.29 is 9.50 Å². The number of aliphatic hydroxyl groups is 1. The first-order valence-corrected chi connectivity index (χ1v) is 7.85. The molecule has 3 nitrogen and oxygen atoms in total. The number of hydrogen-bond donors (Lipinski definition) is 2. The fourth-order valence-electron chi connectivity index (χ4n) is 2.13. The highest BCUT2D eigenvalue weighted by Crippen LogP contribution is 2.13.